The normalized spacial score (nSPS) is 23.7. The van der Waals surface area contributed by atoms with Crippen molar-refractivity contribution < 1.29 is 24.2 Å². The van der Waals surface area contributed by atoms with E-state index in [-0.39, 0.29) is 10.8 Å². The van der Waals surface area contributed by atoms with E-state index in [0.717, 1.165) is 24.2 Å². The molecule has 10 rings (SSSR count). The fourth-order valence-electron chi connectivity index (χ4n) is 9.52. The molecule has 4 saturated carbocycles. The van der Waals surface area contributed by atoms with Gasteiger partial charge in [0.05, 0.1) is 0 Å². The standard InChI is InChI=1S/C21H25.C15H19.C13H10.Zr/c1-20(2,3)16-9-7-14-11-15-8-10-17(21(4,5)6)13-19(15)18(14)12-16;1-2-4-14(3-1)15-8-11-5-12(9-15)7-13(6-11)10-15;1-3-7-12(8-4-1)11-13-9-5-2-6-10-13;/h7-13H,1-6H3;1,3,11-13H,2,5-10H2;1-10H;/q2*-1;;+2. The van der Waals surface area contributed by atoms with Gasteiger partial charge in [-0.2, -0.15) is 6.08 Å². The molecule has 5 aromatic rings. The third kappa shape index (κ3) is 7.60. The van der Waals surface area contributed by atoms with Crippen LogP contribution >= 0.6 is 0 Å². The Labute approximate surface area is 316 Å². The Hall–Kier alpha value is -3.02. The maximum atomic E-state index is 3.62. The van der Waals surface area contributed by atoms with Gasteiger partial charge in [-0.3, -0.25) is 6.08 Å². The first kappa shape index (κ1) is 35.4. The number of rotatable bonds is 3. The Bertz CT molecular complexity index is 1870. The Balaban J connectivity index is 0.000000121. The van der Waals surface area contributed by atoms with Crippen molar-refractivity contribution >= 4 is 24.8 Å². The number of hydrogen-bond acceptors (Lipinski definition) is 0. The summed E-state index contributed by atoms with van der Waals surface area (Å²) < 4.78 is 1.42. The van der Waals surface area contributed by atoms with Crippen molar-refractivity contribution in [2.75, 3.05) is 0 Å². The van der Waals surface area contributed by atoms with E-state index in [1.807, 2.05) is 0 Å². The van der Waals surface area contributed by atoms with Crippen molar-refractivity contribution in [1.82, 2.24) is 0 Å². The van der Waals surface area contributed by atoms with E-state index < -0.39 is 0 Å². The number of benzene rings is 4. The van der Waals surface area contributed by atoms with E-state index in [9.17, 15) is 0 Å². The molecule has 0 unspecified atom stereocenters. The SMILES string of the molecule is CC(C)(C)c1ccc2[cH-]c3ccc(C(C)(C)C)cc3c2c1.[C-]1=C(C23CC4CC(CC(C4)C2)C3)C=CC1.[Zr+2]=[C](c1ccccc1)c1ccccc1. The zero-order chi connectivity index (χ0) is 35.1. The van der Waals surface area contributed by atoms with Crippen molar-refractivity contribution in [1.29, 1.82) is 0 Å². The molecule has 0 heterocycles. The molecule has 0 spiro atoms. The van der Waals surface area contributed by atoms with Crippen molar-refractivity contribution in [2.24, 2.45) is 23.2 Å². The second kappa shape index (κ2) is 14.2. The van der Waals surface area contributed by atoms with Crippen LogP contribution in [0, 0.1) is 29.2 Å². The zero-order valence-electron chi connectivity index (χ0n) is 31.2. The molecule has 4 fully saturated rings. The Kier molecular flexibility index (Phi) is 10.0. The summed E-state index contributed by atoms with van der Waals surface area (Å²) in [6.45, 7) is 13.7. The second-order valence-electron chi connectivity index (χ2n) is 17.8. The number of allylic oxidation sites excluding steroid dienone is 4. The molecule has 50 heavy (non-hydrogen) atoms. The zero-order valence-corrected chi connectivity index (χ0v) is 33.6. The molecule has 0 aromatic heterocycles. The van der Waals surface area contributed by atoms with Crippen LogP contribution in [0.4, 0.5) is 0 Å². The molecule has 0 radical (unpaired) electrons. The van der Waals surface area contributed by atoms with Crippen LogP contribution in [0.2, 0.25) is 0 Å². The average molecular weight is 734 g/mol. The van der Waals surface area contributed by atoms with Crippen LogP contribution in [0.5, 0.6) is 0 Å². The topological polar surface area (TPSA) is 0 Å². The van der Waals surface area contributed by atoms with Gasteiger partial charge in [0, 0.05) is 0 Å². The Morgan fingerprint density at radius 2 is 1.08 bits per heavy atom. The predicted molar refractivity (Wildman–Crippen MR) is 212 cm³/mol. The third-order valence-electron chi connectivity index (χ3n) is 11.9. The molecule has 5 aliphatic carbocycles. The van der Waals surface area contributed by atoms with E-state index in [0.29, 0.717) is 5.41 Å². The molecule has 0 atom stereocenters. The summed E-state index contributed by atoms with van der Waals surface area (Å²) in [5.41, 5.74) is 8.06. The molecule has 4 bridgehead atoms. The van der Waals surface area contributed by atoms with Crippen LogP contribution in [0.1, 0.15) is 109 Å². The summed E-state index contributed by atoms with van der Waals surface area (Å²) in [4.78, 5) is 0. The van der Waals surface area contributed by atoms with Gasteiger partial charge in [-0.1, -0.05) is 76.9 Å². The predicted octanol–water partition coefficient (Wildman–Crippen LogP) is 13.0. The van der Waals surface area contributed by atoms with Crippen molar-refractivity contribution in [3.05, 3.63) is 149 Å². The van der Waals surface area contributed by atoms with Gasteiger partial charge in [0.25, 0.3) is 0 Å². The van der Waals surface area contributed by atoms with Crippen LogP contribution in [0.15, 0.2) is 121 Å². The first-order chi connectivity index (χ1) is 23.9. The molecule has 0 saturated heterocycles. The summed E-state index contributed by atoms with van der Waals surface area (Å²) >= 11 is 1.46. The van der Waals surface area contributed by atoms with E-state index >= 15 is 0 Å². The van der Waals surface area contributed by atoms with Gasteiger partial charge in [-0.25, -0.2) is 11.6 Å². The molecule has 5 aromatic carbocycles. The van der Waals surface area contributed by atoms with Gasteiger partial charge in [0.1, 0.15) is 0 Å². The average Bonchev–Trinajstić information content (AvgIpc) is 3.77. The third-order valence-corrected chi connectivity index (χ3v) is 13.3. The number of hydrogen-bond donors (Lipinski definition) is 0. The van der Waals surface area contributed by atoms with Crippen molar-refractivity contribution in [3.8, 4) is 0 Å². The van der Waals surface area contributed by atoms with Gasteiger partial charge in [-0.15, -0.1) is 46.2 Å². The minimum absolute atomic E-state index is 0.194. The number of fused-ring (bicyclic) bond motifs is 3. The summed E-state index contributed by atoms with van der Waals surface area (Å²) in [5.74, 6) is 3.21. The first-order valence-corrected chi connectivity index (χ1v) is 20.2. The maximum absolute atomic E-state index is 3.62. The molecule has 0 aliphatic heterocycles. The molecular formula is C49H54Zr. The second-order valence-corrected chi connectivity index (χ2v) is 19.0. The molecular weight excluding hydrogens is 680 g/mol. The van der Waals surface area contributed by atoms with Gasteiger partial charge < -0.3 is 0 Å². The first-order valence-electron chi connectivity index (χ1n) is 19.0. The van der Waals surface area contributed by atoms with Gasteiger partial charge in [0.2, 0.25) is 0 Å². The fourth-order valence-corrected chi connectivity index (χ4v) is 10.3. The summed E-state index contributed by atoms with van der Waals surface area (Å²) in [6.07, 6.45) is 18.5. The van der Waals surface area contributed by atoms with Crippen LogP contribution in [-0.2, 0) is 35.1 Å². The van der Waals surface area contributed by atoms with Crippen molar-refractivity contribution in [3.63, 3.8) is 0 Å². The van der Waals surface area contributed by atoms with Gasteiger partial charge >= 0.3 is 99.2 Å². The molecule has 0 nitrogen and oxygen atoms in total. The van der Waals surface area contributed by atoms with Crippen LogP contribution in [0.3, 0.4) is 0 Å². The van der Waals surface area contributed by atoms with E-state index in [4.69, 9.17) is 0 Å². The van der Waals surface area contributed by atoms with E-state index in [1.165, 1.54) is 90.5 Å². The van der Waals surface area contributed by atoms with Crippen LogP contribution in [0.25, 0.3) is 21.5 Å². The summed E-state index contributed by atoms with van der Waals surface area (Å²) in [7, 11) is 0. The van der Waals surface area contributed by atoms with Crippen LogP contribution in [-0.4, -0.2) is 3.21 Å². The molecule has 1 heteroatoms. The van der Waals surface area contributed by atoms with E-state index in [2.05, 4.69) is 163 Å². The molecule has 254 valence electrons. The molecule has 0 N–H and O–H groups in total. The fraction of sp³-hybridized carbons (Fsp3) is 0.388. The molecule has 0 amide bonds. The van der Waals surface area contributed by atoms with Gasteiger partial charge in [0.15, 0.2) is 0 Å². The van der Waals surface area contributed by atoms with Gasteiger partial charge in [-0.05, 0) is 72.5 Å². The quantitative estimate of drug-likeness (QED) is 0.162. The Morgan fingerprint density at radius 3 is 1.46 bits per heavy atom. The summed E-state index contributed by atoms with van der Waals surface area (Å²) in [6, 6.07) is 37.3. The van der Waals surface area contributed by atoms with Crippen molar-refractivity contribution in [2.45, 2.75) is 97.3 Å². The minimum atomic E-state index is 0.194. The molecule has 5 aliphatic rings. The summed E-state index contributed by atoms with van der Waals surface area (Å²) in [5, 5.41) is 5.49. The van der Waals surface area contributed by atoms with Crippen LogP contribution < -0.4 is 0 Å². The monoisotopic (exact) mass is 732 g/mol. The Morgan fingerprint density at radius 1 is 0.640 bits per heavy atom. The van der Waals surface area contributed by atoms with E-state index in [1.54, 1.807) is 24.8 Å².